The van der Waals surface area contributed by atoms with Crippen LogP contribution in [0.5, 0.6) is 5.75 Å². The second kappa shape index (κ2) is 10.0. The summed E-state index contributed by atoms with van der Waals surface area (Å²) in [5, 5.41) is 7.54. The maximum atomic E-state index is 6.31. The zero-order valence-corrected chi connectivity index (χ0v) is 17.2. The molecule has 2 rings (SSSR count). The van der Waals surface area contributed by atoms with Crippen molar-refractivity contribution < 1.29 is 9.47 Å². The fourth-order valence-corrected chi connectivity index (χ4v) is 3.43. The van der Waals surface area contributed by atoms with E-state index in [9.17, 15) is 0 Å². The third kappa shape index (κ3) is 5.27. The Bertz CT molecular complexity index is 601. The molecule has 26 heavy (non-hydrogen) atoms. The maximum Gasteiger partial charge on any atom is 0.191 e. The molecule has 6 heteroatoms. The Balaban J connectivity index is 2.34. The minimum atomic E-state index is -0.133. The van der Waals surface area contributed by atoms with Crippen LogP contribution in [0.1, 0.15) is 45.6 Å². The number of nitrogens with one attached hydrogen (secondary N) is 2. The van der Waals surface area contributed by atoms with Crippen molar-refractivity contribution in [2.45, 2.75) is 51.5 Å². The summed E-state index contributed by atoms with van der Waals surface area (Å²) in [6.07, 6.45) is 2.84. The highest BCUT2D eigenvalue weighted by Gasteiger charge is 2.37. The van der Waals surface area contributed by atoms with Crippen molar-refractivity contribution >= 4 is 17.6 Å². The second-order valence-electron chi connectivity index (χ2n) is 6.89. The van der Waals surface area contributed by atoms with Crippen LogP contribution in [-0.2, 0) is 10.2 Å². The van der Waals surface area contributed by atoms with E-state index >= 15 is 0 Å². The van der Waals surface area contributed by atoms with Crippen molar-refractivity contribution in [2.75, 3.05) is 33.4 Å². The van der Waals surface area contributed by atoms with Crippen LogP contribution < -0.4 is 15.4 Å². The first kappa shape index (κ1) is 20.8. The van der Waals surface area contributed by atoms with E-state index in [0.29, 0.717) is 12.6 Å². The summed E-state index contributed by atoms with van der Waals surface area (Å²) in [7, 11) is 1.71. The minimum absolute atomic E-state index is 0.133. The van der Waals surface area contributed by atoms with Gasteiger partial charge in [-0.15, -0.1) is 0 Å². The van der Waals surface area contributed by atoms with Gasteiger partial charge in [-0.05, 0) is 51.3 Å². The van der Waals surface area contributed by atoms with Crippen LogP contribution in [0.2, 0.25) is 5.02 Å². The third-order valence-corrected chi connectivity index (χ3v) is 5.30. The molecule has 5 nitrogen and oxygen atoms in total. The number of halogens is 1. The molecule has 1 aliphatic heterocycles. The Morgan fingerprint density at radius 2 is 2.08 bits per heavy atom. The van der Waals surface area contributed by atoms with E-state index in [2.05, 4.69) is 31.4 Å². The molecule has 0 aromatic heterocycles. The van der Waals surface area contributed by atoms with Crippen LogP contribution in [0.25, 0.3) is 0 Å². The number of ether oxygens (including phenoxy) is 2. The van der Waals surface area contributed by atoms with Crippen molar-refractivity contribution in [3.63, 3.8) is 0 Å². The van der Waals surface area contributed by atoms with E-state index in [-0.39, 0.29) is 5.41 Å². The lowest BCUT2D eigenvalue weighted by Gasteiger charge is -2.37. The lowest BCUT2D eigenvalue weighted by Crippen LogP contribution is -2.44. The zero-order chi connectivity index (χ0) is 19.0. The van der Waals surface area contributed by atoms with Gasteiger partial charge in [0.2, 0.25) is 0 Å². The number of aliphatic imine (C=N–C) groups is 1. The summed E-state index contributed by atoms with van der Waals surface area (Å²) < 4.78 is 11.3. The summed E-state index contributed by atoms with van der Waals surface area (Å²) >= 11 is 6.31. The fourth-order valence-electron chi connectivity index (χ4n) is 3.26. The molecule has 0 radical (unpaired) electrons. The number of benzene rings is 1. The Hall–Kier alpha value is -1.46. The van der Waals surface area contributed by atoms with E-state index in [1.165, 1.54) is 0 Å². The molecule has 0 amide bonds. The van der Waals surface area contributed by atoms with E-state index < -0.39 is 0 Å². The van der Waals surface area contributed by atoms with Crippen molar-refractivity contribution in [1.29, 1.82) is 0 Å². The second-order valence-corrected chi connectivity index (χ2v) is 7.32. The monoisotopic (exact) mass is 381 g/mol. The van der Waals surface area contributed by atoms with Gasteiger partial charge in [-0.2, -0.15) is 0 Å². The summed E-state index contributed by atoms with van der Waals surface area (Å²) in [6.45, 7) is 9.35. The Kier molecular flexibility index (Phi) is 8.04. The number of hydrogen-bond acceptors (Lipinski definition) is 3. The molecular formula is C20H32ClN3O2. The maximum absolute atomic E-state index is 6.31. The van der Waals surface area contributed by atoms with Gasteiger partial charge in [0.05, 0.1) is 13.7 Å². The molecule has 1 atom stereocenters. The van der Waals surface area contributed by atoms with E-state index in [4.69, 9.17) is 26.1 Å². The van der Waals surface area contributed by atoms with Gasteiger partial charge in [0, 0.05) is 41.8 Å². The van der Waals surface area contributed by atoms with Crippen LogP contribution in [0.3, 0.4) is 0 Å². The average Bonchev–Trinajstić information content (AvgIpc) is 2.67. The molecule has 1 fully saturated rings. The first-order chi connectivity index (χ1) is 12.5. The van der Waals surface area contributed by atoms with Crippen LogP contribution in [0, 0.1) is 0 Å². The molecule has 1 heterocycles. The molecule has 2 N–H and O–H groups in total. The lowest BCUT2D eigenvalue weighted by molar-refractivity contribution is 0.0522. The first-order valence-electron chi connectivity index (χ1n) is 9.51. The van der Waals surface area contributed by atoms with Crippen molar-refractivity contribution in [1.82, 2.24) is 10.6 Å². The SMILES string of the molecule is CCNC(=NCC1(c2cc(Cl)ccc2OC)CCOCC1)NC(C)CC. The summed E-state index contributed by atoms with van der Waals surface area (Å²) in [5.74, 6) is 1.72. The van der Waals surface area contributed by atoms with Crippen LogP contribution in [0.4, 0.5) is 0 Å². The summed E-state index contributed by atoms with van der Waals surface area (Å²) in [6, 6.07) is 6.21. The number of nitrogens with zero attached hydrogens (tertiary/aromatic N) is 1. The van der Waals surface area contributed by atoms with Crippen molar-refractivity contribution in [3.8, 4) is 5.75 Å². The third-order valence-electron chi connectivity index (χ3n) is 5.06. The van der Waals surface area contributed by atoms with E-state index in [1.54, 1.807) is 7.11 Å². The molecule has 1 unspecified atom stereocenters. The van der Waals surface area contributed by atoms with Gasteiger partial charge >= 0.3 is 0 Å². The number of methoxy groups -OCH3 is 1. The smallest absolute Gasteiger partial charge is 0.191 e. The van der Waals surface area contributed by atoms with Gasteiger partial charge in [0.25, 0.3) is 0 Å². The molecular weight excluding hydrogens is 350 g/mol. The quantitative estimate of drug-likeness (QED) is 0.558. The van der Waals surface area contributed by atoms with Gasteiger partial charge in [0.15, 0.2) is 5.96 Å². The van der Waals surface area contributed by atoms with Gasteiger partial charge < -0.3 is 20.1 Å². The largest absolute Gasteiger partial charge is 0.496 e. The van der Waals surface area contributed by atoms with Gasteiger partial charge in [-0.1, -0.05) is 18.5 Å². The molecule has 1 saturated heterocycles. The van der Waals surface area contributed by atoms with Crippen LogP contribution >= 0.6 is 11.6 Å². The molecule has 146 valence electrons. The zero-order valence-electron chi connectivity index (χ0n) is 16.4. The van der Waals surface area contributed by atoms with Gasteiger partial charge in [-0.3, -0.25) is 4.99 Å². The van der Waals surface area contributed by atoms with E-state index in [1.807, 2.05) is 18.2 Å². The summed E-state index contributed by atoms with van der Waals surface area (Å²) in [5.41, 5.74) is 0.991. The van der Waals surface area contributed by atoms with Gasteiger partial charge in [-0.25, -0.2) is 0 Å². The predicted octanol–water partition coefficient (Wildman–Crippen LogP) is 3.75. The normalized spacial score (nSPS) is 18.3. The van der Waals surface area contributed by atoms with Crippen molar-refractivity contribution in [3.05, 3.63) is 28.8 Å². The topological polar surface area (TPSA) is 54.9 Å². The Labute approximate surface area is 162 Å². The molecule has 0 aliphatic carbocycles. The van der Waals surface area contributed by atoms with Gasteiger partial charge in [0.1, 0.15) is 5.75 Å². The first-order valence-corrected chi connectivity index (χ1v) is 9.89. The number of hydrogen-bond donors (Lipinski definition) is 2. The minimum Gasteiger partial charge on any atom is -0.496 e. The molecule has 1 aliphatic rings. The molecule has 1 aromatic carbocycles. The molecule has 0 spiro atoms. The summed E-state index contributed by atoms with van der Waals surface area (Å²) in [4.78, 5) is 4.92. The highest BCUT2D eigenvalue weighted by atomic mass is 35.5. The standard InChI is InChI=1S/C20H32ClN3O2/c1-5-15(3)24-19(22-6-2)23-14-20(9-11-26-12-10-20)17-13-16(21)7-8-18(17)25-4/h7-8,13,15H,5-6,9-12,14H2,1-4H3,(H2,22,23,24). The lowest BCUT2D eigenvalue weighted by atomic mass is 9.73. The van der Waals surface area contributed by atoms with Crippen LogP contribution in [-0.4, -0.2) is 45.4 Å². The molecule has 0 bridgehead atoms. The Morgan fingerprint density at radius 1 is 1.35 bits per heavy atom. The highest BCUT2D eigenvalue weighted by molar-refractivity contribution is 6.30. The Morgan fingerprint density at radius 3 is 2.69 bits per heavy atom. The molecule has 1 aromatic rings. The number of guanidine groups is 1. The van der Waals surface area contributed by atoms with Crippen molar-refractivity contribution in [2.24, 2.45) is 4.99 Å². The fraction of sp³-hybridized carbons (Fsp3) is 0.650. The number of rotatable bonds is 7. The highest BCUT2D eigenvalue weighted by Crippen LogP contribution is 2.41. The molecule has 0 saturated carbocycles. The predicted molar refractivity (Wildman–Crippen MR) is 109 cm³/mol. The van der Waals surface area contributed by atoms with E-state index in [0.717, 1.165) is 61.3 Å². The average molecular weight is 382 g/mol. The van der Waals surface area contributed by atoms with Crippen LogP contribution in [0.15, 0.2) is 23.2 Å².